The lowest BCUT2D eigenvalue weighted by molar-refractivity contribution is 0.646. The molecule has 5 nitrogen and oxygen atoms in total. The van der Waals surface area contributed by atoms with Crippen molar-refractivity contribution in [2.24, 2.45) is 7.05 Å². The average Bonchev–Trinajstić information content (AvgIpc) is 2.52. The summed E-state index contributed by atoms with van der Waals surface area (Å²) in [5.41, 5.74) is 0.905. The van der Waals surface area contributed by atoms with Crippen molar-refractivity contribution in [2.45, 2.75) is 6.54 Å². The number of nitrogens with zero attached hydrogens (tertiary/aromatic N) is 4. The van der Waals surface area contributed by atoms with Gasteiger partial charge in [-0.25, -0.2) is 9.48 Å². The third-order valence-corrected chi connectivity index (χ3v) is 1.97. The van der Waals surface area contributed by atoms with E-state index in [1.165, 1.54) is 15.6 Å². The smallest absolute Gasteiger partial charge is 0.285 e. The molecule has 2 aromatic rings. The van der Waals surface area contributed by atoms with Crippen LogP contribution >= 0.6 is 0 Å². The van der Waals surface area contributed by atoms with Crippen molar-refractivity contribution in [3.63, 3.8) is 0 Å². The number of aryl methyl sites for hydroxylation is 1. The number of pyridine rings is 1. The predicted molar refractivity (Wildman–Crippen MR) is 50.8 cm³/mol. The lowest BCUT2D eigenvalue weighted by Gasteiger charge is -1.98. The molecule has 0 aliphatic rings. The number of hydrogen-bond donors (Lipinski definition) is 0. The molecule has 0 amide bonds. The zero-order valence-corrected chi connectivity index (χ0v) is 7.79. The topological polar surface area (TPSA) is 52.7 Å². The van der Waals surface area contributed by atoms with Crippen molar-refractivity contribution in [3.8, 4) is 0 Å². The fourth-order valence-corrected chi connectivity index (χ4v) is 1.19. The first-order valence-corrected chi connectivity index (χ1v) is 4.25. The van der Waals surface area contributed by atoms with Crippen molar-refractivity contribution in [1.29, 1.82) is 0 Å². The monoisotopic (exact) mass is 190 g/mol. The quantitative estimate of drug-likeness (QED) is 0.671. The molecule has 0 aliphatic heterocycles. The van der Waals surface area contributed by atoms with Gasteiger partial charge in [-0.1, -0.05) is 0 Å². The largest absolute Gasteiger partial charge is 0.345 e. The highest BCUT2D eigenvalue weighted by Crippen LogP contribution is 1.96. The van der Waals surface area contributed by atoms with Gasteiger partial charge < -0.3 is 0 Å². The van der Waals surface area contributed by atoms with Gasteiger partial charge in [-0.3, -0.25) is 9.55 Å². The minimum absolute atomic E-state index is 0.109. The Balaban J connectivity index is 2.28. The number of aromatic nitrogens is 4. The number of hydrogen-bond acceptors (Lipinski definition) is 3. The molecule has 0 aliphatic carbocycles. The molecular weight excluding hydrogens is 180 g/mol. The molecule has 72 valence electrons. The van der Waals surface area contributed by atoms with E-state index in [2.05, 4.69) is 10.1 Å². The van der Waals surface area contributed by atoms with E-state index in [1.807, 2.05) is 12.1 Å². The minimum atomic E-state index is -0.109. The third-order valence-electron chi connectivity index (χ3n) is 1.97. The Morgan fingerprint density at radius 1 is 1.36 bits per heavy atom. The molecule has 2 aromatic heterocycles. The SMILES string of the molecule is Cn1cnn(Cc2ccncc2)c1=O. The molecule has 0 aromatic carbocycles. The van der Waals surface area contributed by atoms with Crippen LogP contribution in [0.2, 0.25) is 0 Å². The molecule has 0 fully saturated rings. The maximum atomic E-state index is 11.4. The van der Waals surface area contributed by atoms with Gasteiger partial charge in [0, 0.05) is 19.4 Å². The van der Waals surface area contributed by atoms with E-state index in [0.29, 0.717) is 6.54 Å². The Bertz CT molecular complexity index is 471. The van der Waals surface area contributed by atoms with E-state index >= 15 is 0 Å². The summed E-state index contributed by atoms with van der Waals surface area (Å²) in [7, 11) is 1.68. The second kappa shape index (κ2) is 3.45. The molecule has 0 atom stereocenters. The summed E-state index contributed by atoms with van der Waals surface area (Å²) in [6.07, 6.45) is 4.90. The molecule has 0 bridgehead atoms. The van der Waals surface area contributed by atoms with Crippen LogP contribution in [0.4, 0.5) is 0 Å². The van der Waals surface area contributed by atoms with Crippen LogP contribution in [0.25, 0.3) is 0 Å². The highest BCUT2D eigenvalue weighted by Gasteiger charge is 2.01. The second-order valence-electron chi connectivity index (χ2n) is 3.04. The van der Waals surface area contributed by atoms with Crippen LogP contribution in [0, 0.1) is 0 Å². The summed E-state index contributed by atoms with van der Waals surface area (Å²) < 4.78 is 2.86. The van der Waals surface area contributed by atoms with Crippen molar-refractivity contribution in [2.75, 3.05) is 0 Å². The van der Waals surface area contributed by atoms with Crippen LogP contribution in [-0.2, 0) is 13.6 Å². The first kappa shape index (κ1) is 8.68. The molecular formula is C9H10N4O. The summed E-state index contributed by atoms with van der Waals surface area (Å²) in [5, 5.41) is 3.96. The van der Waals surface area contributed by atoms with E-state index in [4.69, 9.17) is 0 Å². The van der Waals surface area contributed by atoms with Crippen LogP contribution in [0.15, 0.2) is 35.6 Å². The van der Waals surface area contributed by atoms with Crippen molar-refractivity contribution in [3.05, 3.63) is 46.9 Å². The lowest BCUT2D eigenvalue weighted by atomic mass is 10.3. The molecule has 0 N–H and O–H groups in total. The Kier molecular flexibility index (Phi) is 2.14. The van der Waals surface area contributed by atoms with E-state index in [1.54, 1.807) is 19.4 Å². The van der Waals surface area contributed by atoms with Crippen LogP contribution < -0.4 is 5.69 Å². The minimum Gasteiger partial charge on any atom is -0.285 e. The Morgan fingerprint density at radius 2 is 2.07 bits per heavy atom. The van der Waals surface area contributed by atoms with Crippen LogP contribution in [0.3, 0.4) is 0 Å². The van der Waals surface area contributed by atoms with Gasteiger partial charge in [-0.2, -0.15) is 5.10 Å². The summed E-state index contributed by atoms with van der Waals surface area (Å²) in [4.78, 5) is 15.3. The molecule has 14 heavy (non-hydrogen) atoms. The maximum Gasteiger partial charge on any atom is 0.345 e. The Morgan fingerprint density at radius 3 is 2.64 bits per heavy atom. The molecule has 2 rings (SSSR count). The zero-order valence-electron chi connectivity index (χ0n) is 7.79. The van der Waals surface area contributed by atoms with Gasteiger partial charge in [0.15, 0.2) is 0 Å². The molecule has 0 saturated carbocycles. The second-order valence-corrected chi connectivity index (χ2v) is 3.04. The van der Waals surface area contributed by atoms with Crippen molar-refractivity contribution < 1.29 is 0 Å². The van der Waals surface area contributed by atoms with Gasteiger partial charge in [0.25, 0.3) is 0 Å². The average molecular weight is 190 g/mol. The molecule has 0 spiro atoms. The maximum absolute atomic E-state index is 11.4. The Hall–Kier alpha value is -1.91. The summed E-state index contributed by atoms with van der Waals surface area (Å²) in [5.74, 6) is 0. The standard InChI is InChI=1S/C9H10N4O/c1-12-7-11-13(9(12)14)6-8-2-4-10-5-3-8/h2-5,7H,6H2,1H3. The first-order valence-electron chi connectivity index (χ1n) is 4.25. The van der Waals surface area contributed by atoms with Crippen LogP contribution in [0.5, 0.6) is 0 Å². The lowest BCUT2D eigenvalue weighted by Crippen LogP contribution is -2.23. The van der Waals surface area contributed by atoms with Gasteiger partial charge in [0.2, 0.25) is 0 Å². The summed E-state index contributed by atoms with van der Waals surface area (Å²) in [6.45, 7) is 0.488. The van der Waals surface area contributed by atoms with Gasteiger partial charge in [-0.15, -0.1) is 0 Å². The highest BCUT2D eigenvalue weighted by atomic mass is 16.2. The molecule has 5 heteroatoms. The molecule has 0 radical (unpaired) electrons. The molecule has 0 unspecified atom stereocenters. The highest BCUT2D eigenvalue weighted by molar-refractivity contribution is 5.09. The number of rotatable bonds is 2. The first-order chi connectivity index (χ1) is 6.77. The Labute approximate surface area is 80.6 Å². The van der Waals surface area contributed by atoms with E-state index in [-0.39, 0.29) is 5.69 Å². The predicted octanol–water partition coefficient (Wildman–Crippen LogP) is 0.0251. The molecule has 0 saturated heterocycles. The normalized spacial score (nSPS) is 10.4. The fraction of sp³-hybridized carbons (Fsp3) is 0.222. The zero-order chi connectivity index (χ0) is 9.97. The van der Waals surface area contributed by atoms with Crippen LogP contribution in [-0.4, -0.2) is 19.3 Å². The van der Waals surface area contributed by atoms with E-state index < -0.39 is 0 Å². The van der Waals surface area contributed by atoms with Gasteiger partial charge >= 0.3 is 5.69 Å². The van der Waals surface area contributed by atoms with E-state index in [0.717, 1.165) is 5.56 Å². The van der Waals surface area contributed by atoms with Crippen LogP contribution in [0.1, 0.15) is 5.56 Å². The van der Waals surface area contributed by atoms with Gasteiger partial charge in [-0.05, 0) is 17.7 Å². The third kappa shape index (κ3) is 1.56. The van der Waals surface area contributed by atoms with Gasteiger partial charge in [0.1, 0.15) is 6.33 Å². The summed E-state index contributed by atoms with van der Waals surface area (Å²) in [6, 6.07) is 3.72. The van der Waals surface area contributed by atoms with E-state index in [9.17, 15) is 4.79 Å². The summed E-state index contributed by atoms with van der Waals surface area (Å²) >= 11 is 0. The van der Waals surface area contributed by atoms with Crippen molar-refractivity contribution in [1.82, 2.24) is 19.3 Å². The fourth-order valence-electron chi connectivity index (χ4n) is 1.19. The molecule has 2 heterocycles. The van der Waals surface area contributed by atoms with Crippen molar-refractivity contribution >= 4 is 0 Å². The van der Waals surface area contributed by atoms with Gasteiger partial charge in [0.05, 0.1) is 6.54 Å².